The van der Waals surface area contributed by atoms with Gasteiger partial charge in [0.25, 0.3) is 10.0 Å². The lowest BCUT2D eigenvalue weighted by Crippen LogP contribution is -2.48. The van der Waals surface area contributed by atoms with E-state index in [0.717, 1.165) is 34.6 Å². The smallest absolute Gasteiger partial charge is 0.264 e. The first kappa shape index (κ1) is 23.2. The lowest BCUT2D eigenvalue weighted by atomic mass is 10.0. The van der Waals surface area contributed by atoms with E-state index in [-0.39, 0.29) is 39.9 Å². The molecule has 1 heterocycles. The molecule has 0 aliphatic carbocycles. The highest BCUT2D eigenvalue weighted by atomic mass is 35.5. The predicted octanol–water partition coefficient (Wildman–Crippen LogP) is 3.99. The van der Waals surface area contributed by atoms with Gasteiger partial charge in [0.15, 0.2) is 5.78 Å². The number of benzene rings is 3. The fraction of sp³-hybridized carbons (Fsp3) is 0.174. The number of anilines is 1. The van der Waals surface area contributed by atoms with E-state index in [0.29, 0.717) is 5.56 Å². The fourth-order valence-corrected chi connectivity index (χ4v) is 5.53. The Balaban J connectivity index is 1.74. The van der Waals surface area contributed by atoms with Gasteiger partial charge in [-0.1, -0.05) is 23.7 Å². The molecule has 1 aliphatic heterocycles. The summed E-state index contributed by atoms with van der Waals surface area (Å²) in [4.78, 5) is 12.5. The zero-order valence-electron chi connectivity index (χ0n) is 17.0. The second-order valence-electron chi connectivity index (χ2n) is 7.40. The molecule has 172 valence electrons. The maximum absolute atomic E-state index is 14.1. The molecule has 0 amide bonds. The first-order valence-corrected chi connectivity index (χ1v) is 11.7. The van der Waals surface area contributed by atoms with Crippen molar-refractivity contribution in [1.29, 1.82) is 0 Å². The van der Waals surface area contributed by atoms with Gasteiger partial charge in [-0.3, -0.25) is 9.10 Å². The van der Waals surface area contributed by atoms with E-state index in [1.807, 2.05) is 0 Å². The van der Waals surface area contributed by atoms with Gasteiger partial charge in [-0.15, -0.1) is 0 Å². The first-order valence-electron chi connectivity index (χ1n) is 9.86. The number of rotatable bonds is 6. The van der Waals surface area contributed by atoms with Crippen LogP contribution in [-0.4, -0.2) is 38.6 Å². The average molecular weight is 494 g/mol. The Morgan fingerprint density at radius 2 is 1.85 bits per heavy atom. The quantitative estimate of drug-likeness (QED) is 0.525. The number of aliphatic hydroxyl groups excluding tert-OH is 1. The minimum atomic E-state index is -4.20. The van der Waals surface area contributed by atoms with Gasteiger partial charge in [0.1, 0.15) is 30.0 Å². The van der Waals surface area contributed by atoms with Crippen molar-refractivity contribution in [3.8, 4) is 5.75 Å². The number of halogens is 3. The Kier molecular flexibility index (Phi) is 6.38. The largest absolute Gasteiger partial charge is 0.489 e. The van der Waals surface area contributed by atoms with Crippen molar-refractivity contribution in [2.75, 3.05) is 17.5 Å². The normalized spacial score (nSPS) is 15.6. The molecule has 3 aromatic carbocycles. The summed E-state index contributed by atoms with van der Waals surface area (Å²) < 4.78 is 60.8. The van der Waals surface area contributed by atoms with Crippen LogP contribution in [0, 0.1) is 11.6 Å². The van der Waals surface area contributed by atoms with Gasteiger partial charge in [0.2, 0.25) is 0 Å². The van der Waals surface area contributed by atoms with Crippen molar-refractivity contribution in [3.63, 3.8) is 0 Å². The summed E-state index contributed by atoms with van der Waals surface area (Å²) in [6.07, 6.45) is -0.248. The maximum Gasteiger partial charge on any atom is 0.264 e. The third kappa shape index (κ3) is 4.44. The molecule has 1 N–H and O–H groups in total. The molecule has 0 saturated heterocycles. The van der Waals surface area contributed by atoms with Gasteiger partial charge in [-0.05, 0) is 54.1 Å². The third-order valence-electron chi connectivity index (χ3n) is 5.21. The zero-order valence-corrected chi connectivity index (χ0v) is 18.6. The number of nitrogens with zero attached hydrogens (tertiary/aromatic N) is 1. The lowest BCUT2D eigenvalue weighted by Gasteiger charge is -2.36. The van der Waals surface area contributed by atoms with Crippen molar-refractivity contribution >= 4 is 33.1 Å². The maximum atomic E-state index is 14.1. The number of carbonyl (C=O) groups is 1. The molecule has 0 spiro atoms. The van der Waals surface area contributed by atoms with Crippen LogP contribution in [-0.2, 0) is 16.4 Å². The van der Waals surface area contributed by atoms with Crippen LogP contribution < -0.4 is 9.04 Å². The Morgan fingerprint density at radius 3 is 2.52 bits per heavy atom. The minimum Gasteiger partial charge on any atom is -0.489 e. The summed E-state index contributed by atoms with van der Waals surface area (Å²) in [7, 11) is -4.20. The highest BCUT2D eigenvalue weighted by Gasteiger charge is 2.37. The third-order valence-corrected chi connectivity index (χ3v) is 7.41. The Hall–Kier alpha value is -3.01. The van der Waals surface area contributed by atoms with Crippen molar-refractivity contribution in [1.82, 2.24) is 0 Å². The highest BCUT2D eigenvalue weighted by molar-refractivity contribution is 7.92. The van der Waals surface area contributed by atoms with Gasteiger partial charge in [-0.25, -0.2) is 17.2 Å². The number of Topliss-reactive ketones (excluding diaryl/α,β-unsaturated/α-hetero) is 1. The summed E-state index contributed by atoms with van der Waals surface area (Å²) in [6.45, 7) is -0.638. The van der Waals surface area contributed by atoms with Crippen LogP contribution >= 0.6 is 11.6 Å². The molecule has 33 heavy (non-hydrogen) atoms. The molecular weight excluding hydrogens is 476 g/mol. The lowest BCUT2D eigenvalue weighted by molar-refractivity contribution is 0.0989. The van der Waals surface area contributed by atoms with Crippen molar-refractivity contribution in [2.24, 2.45) is 0 Å². The Labute approximate surface area is 194 Å². The summed E-state index contributed by atoms with van der Waals surface area (Å²) in [6, 6.07) is 11.8. The van der Waals surface area contributed by atoms with Crippen LogP contribution in [0.1, 0.15) is 15.9 Å². The van der Waals surface area contributed by atoms with E-state index in [2.05, 4.69) is 0 Å². The van der Waals surface area contributed by atoms with Crippen molar-refractivity contribution in [2.45, 2.75) is 17.4 Å². The molecule has 1 atom stereocenters. The predicted molar refractivity (Wildman–Crippen MR) is 118 cm³/mol. The first-order chi connectivity index (χ1) is 15.7. The van der Waals surface area contributed by atoms with Crippen LogP contribution in [0.2, 0.25) is 5.02 Å². The van der Waals surface area contributed by atoms with E-state index in [1.54, 1.807) is 6.07 Å². The molecule has 0 aromatic heterocycles. The standard InChI is InChI=1S/C23H18ClF2NO5S/c24-18-2-1-3-19(26)23(18)21(29)11-14-4-9-22-20(10-14)27(16(12-28)13-32-22)33(30,31)17-7-5-15(25)6-8-17/h1-10,16,28H,11-13H2. The fourth-order valence-electron chi connectivity index (χ4n) is 3.63. The van der Waals surface area contributed by atoms with Gasteiger partial charge in [-0.2, -0.15) is 0 Å². The number of fused-ring (bicyclic) bond motifs is 1. The zero-order chi connectivity index (χ0) is 23.8. The van der Waals surface area contributed by atoms with Crippen molar-refractivity contribution in [3.05, 3.63) is 88.4 Å². The van der Waals surface area contributed by atoms with Gasteiger partial charge in [0, 0.05) is 6.42 Å². The number of hydrogen-bond donors (Lipinski definition) is 1. The molecule has 0 fully saturated rings. The van der Waals surface area contributed by atoms with Gasteiger partial charge in [0.05, 0.1) is 27.8 Å². The van der Waals surface area contributed by atoms with E-state index in [1.165, 1.54) is 24.3 Å². The summed E-state index contributed by atoms with van der Waals surface area (Å²) in [5.74, 6) is -1.70. The van der Waals surface area contributed by atoms with Crippen LogP contribution in [0.4, 0.5) is 14.5 Å². The molecule has 4 rings (SSSR count). The summed E-state index contributed by atoms with van der Waals surface area (Å²) in [5, 5.41) is 9.78. The molecule has 0 bridgehead atoms. The molecule has 0 radical (unpaired) electrons. The van der Waals surface area contributed by atoms with E-state index in [4.69, 9.17) is 16.3 Å². The average Bonchev–Trinajstić information content (AvgIpc) is 2.78. The number of hydrogen-bond acceptors (Lipinski definition) is 5. The molecule has 1 aliphatic rings. The monoisotopic (exact) mass is 493 g/mol. The van der Waals surface area contributed by atoms with Crippen molar-refractivity contribution < 1.29 is 31.8 Å². The molecule has 10 heteroatoms. The molecule has 3 aromatic rings. The van der Waals surface area contributed by atoms with E-state index < -0.39 is 40.1 Å². The number of ketones is 1. The Morgan fingerprint density at radius 1 is 1.12 bits per heavy atom. The highest BCUT2D eigenvalue weighted by Crippen LogP contribution is 2.39. The minimum absolute atomic E-state index is 0.0258. The van der Waals surface area contributed by atoms with Gasteiger partial charge >= 0.3 is 0 Å². The van der Waals surface area contributed by atoms with E-state index in [9.17, 15) is 27.1 Å². The second-order valence-corrected chi connectivity index (χ2v) is 9.62. The number of aliphatic hydroxyl groups is 1. The van der Waals surface area contributed by atoms with Crippen LogP contribution in [0.3, 0.4) is 0 Å². The second kappa shape index (κ2) is 9.09. The van der Waals surface area contributed by atoms with Crippen LogP contribution in [0.25, 0.3) is 0 Å². The molecule has 6 nitrogen and oxygen atoms in total. The number of carbonyl (C=O) groups excluding carboxylic acids is 1. The molecule has 1 unspecified atom stereocenters. The summed E-state index contributed by atoms with van der Waals surface area (Å²) in [5.41, 5.74) is 0.242. The SMILES string of the molecule is O=C(Cc1ccc2c(c1)N(S(=O)(=O)c1ccc(F)cc1)C(CO)CO2)c1c(F)cccc1Cl. The molecule has 0 saturated carbocycles. The van der Waals surface area contributed by atoms with Crippen LogP contribution in [0.5, 0.6) is 5.75 Å². The number of ether oxygens (including phenoxy) is 1. The van der Waals surface area contributed by atoms with Crippen LogP contribution in [0.15, 0.2) is 65.6 Å². The molecular formula is C23H18ClF2NO5S. The van der Waals surface area contributed by atoms with E-state index >= 15 is 0 Å². The van der Waals surface area contributed by atoms with Gasteiger partial charge < -0.3 is 9.84 Å². The number of sulfonamides is 1. The topological polar surface area (TPSA) is 83.9 Å². The summed E-state index contributed by atoms with van der Waals surface area (Å²) >= 11 is 5.98. The Bertz CT molecular complexity index is 1290.